The van der Waals surface area contributed by atoms with Crippen LogP contribution < -0.4 is 5.32 Å². The van der Waals surface area contributed by atoms with Gasteiger partial charge >= 0.3 is 0 Å². The summed E-state index contributed by atoms with van der Waals surface area (Å²) < 4.78 is 0. The minimum Gasteiger partial charge on any atom is -0.312 e. The zero-order valence-corrected chi connectivity index (χ0v) is 12.1. The first-order chi connectivity index (χ1) is 8.65. The van der Waals surface area contributed by atoms with E-state index in [1.54, 1.807) is 11.3 Å². The zero-order chi connectivity index (χ0) is 13.0. The predicted octanol–water partition coefficient (Wildman–Crippen LogP) is 3.86. The summed E-state index contributed by atoms with van der Waals surface area (Å²) in [4.78, 5) is 5.79. The lowest BCUT2D eigenvalue weighted by atomic mass is 10.2. The SMILES string of the molecule is Cc1ccc(-c2ncc(CNCC(C)C)s2)cc1. The minimum atomic E-state index is 0.689. The molecule has 3 heteroatoms. The van der Waals surface area contributed by atoms with Crippen LogP contribution in [0.5, 0.6) is 0 Å². The topological polar surface area (TPSA) is 24.9 Å². The van der Waals surface area contributed by atoms with Gasteiger partial charge in [0.15, 0.2) is 0 Å². The number of nitrogens with zero attached hydrogens (tertiary/aromatic N) is 1. The molecule has 1 N–H and O–H groups in total. The molecular weight excluding hydrogens is 240 g/mol. The van der Waals surface area contributed by atoms with Gasteiger partial charge in [0.05, 0.1) is 0 Å². The summed E-state index contributed by atoms with van der Waals surface area (Å²) in [5.41, 5.74) is 2.50. The van der Waals surface area contributed by atoms with Crippen molar-refractivity contribution >= 4 is 11.3 Å². The maximum absolute atomic E-state index is 4.49. The van der Waals surface area contributed by atoms with Crippen LogP contribution in [0.2, 0.25) is 0 Å². The van der Waals surface area contributed by atoms with Gasteiger partial charge in [0.25, 0.3) is 0 Å². The number of hydrogen-bond acceptors (Lipinski definition) is 3. The van der Waals surface area contributed by atoms with Gasteiger partial charge < -0.3 is 5.32 Å². The number of nitrogens with one attached hydrogen (secondary N) is 1. The molecule has 0 spiro atoms. The van der Waals surface area contributed by atoms with Crippen molar-refractivity contribution < 1.29 is 0 Å². The van der Waals surface area contributed by atoms with Crippen molar-refractivity contribution in [2.45, 2.75) is 27.3 Å². The maximum atomic E-state index is 4.49. The fourth-order valence-electron chi connectivity index (χ4n) is 1.70. The third kappa shape index (κ3) is 3.65. The van der Waals surface area contributed by atoms with Gasteiger partial charge in [0.2, 0.25) is 0 Å². The summed E-state index contributed by atoms with van der Waals surface area (Å²) in [6.45, 7) is 8.52. The lowest BCUT2D eigenvalue weighted by molar-refractivity contribution is 0.554. The van der Waals surface area contributed by atoms with E-state index in [-0.39, 0.29) is 0 Å². The van der Waals surface area contributed by atoms with Crippen molar-refractivity contribution in [2.75, 3.05) is 6.54 Å². The average Bonchev–Trinajstić information content (AvgIpc) is 2.78. The first-order valence-corrected chi connectivity index (χ1v) is 7.19. The van der Waals surface area contributed by atoms with E-state index >= 15 is 0 Å². The molecule has 18 heavy (non-hydrogen) atoms. The van der Waals surface area contributed by atoms with Gasteiger partial charge in [-0.1, -0.05) is 43.7 Å². The summed E-state index contributed by atoms with van der Waals surface area (Å²) in [6, 6.07) is 8.54. The number of aryl methyl sites for hydroxylation is 1. The molecule has 2 aromatic rings. The second-order valence-corrected chi connectivity index (χ2v) is 6.14. The van der Waals surface area contributed by atoms with Crippen LogP contribution in [-0.2, 0) is 6.54 Å². The lowest BCUT2D eigenvalue weighted by Crippen LogP contribution is -2.18. The molecule has 0 aliphatic rings. The van der Waals surface area contributed by atoms with E-state index in [9.17, 15) is 0 Å². The van der Waals surface area contributed by atoms with Gasteiger partial charge in [0, 0.05) is 23.2 Å². The fraction of sp³-hybridized carbons (Fsp3) is 0.400. The Bertz CT molecular complexity index is 485. The minimum absolute atomic E-state index is 0.689. The first kappa shape index (κ1) is 13.2. The van der Waals surface area contributed by atoms with E-state index in [2.05, 4.69) is 55.3 Å². The van der Waals surface area contributed by atoms with Gasteiger partial charge in [-0.15, -0.1) is 11.3 Å². The summed E-state index contributed by atoms with van der Waals surface area (Å²) >= 11 is 1.77. The molecular formula is C15H20N2S. The van der Waals surface area contributed by atoms with Crippen molar-refractivity contribution in [1.29, 1.82) is 0 Å². The monoisotopic (exact) mass is 260 g/mol. The van der Waals surface area contributed by atoms with Crippen LogP contribution in [0, 0.1) is 12.8 Å². The van der Waals surface area contributed by atoms with E-state index in [1.165, 1.54) is 16.0 Å². The standard InChI is InChI=1S/C15H20N2S/c1-11(2)8-16-9-14-10-17-15(18-14)13-6-4-12(3)5-7-13/h4-7,10-11,16H,8-9H2,1-3H3. The Kier molecular flexibility index (Phi) is 4.50. The Morgan fingerprint density at radius 1 is 1.22 bits per heavy atom. The summed E-state index contributed by atoms with van der Waals surface area (Å²) in [6.07, 6.45) is 1.98. The van der Waals surface area contributed by atoms with Crippen LogP contribution in [0.3, 0.4) is 0 Å². The van der Waals surface area contributed by atoms with Gasteiger partial charge in [-0.3, -0.25) is 0 Å². The van der Waals surface area contributed by atoms with Gasteiger partial charge in [-0.25, -0.2) is 4.98 Å². The molecule has 0 amide bonds. The van der Waals surface area contributed by atoms with Crippen LogP contribution in [-0.4, -0.2) is 11.5 Å². The Balaban J connectivity index is 1.99. The van der Waals surface area contributed by atoms with Gasteiger partial charge in [-0.05, 0) is 19.4 Å². The summed E-state index contributed by atoms with van der Waals surface area (Å²) in [7, 11) is 0. The van der Waals surface area contributed by atoms with Crippen LogP contribution >= 0.6 is 11.3 Å². The lowest BCUT2D eigenvalue weighted by Gasteiger charge is -2.04. The molecule has 0 saturated heterocycles. The average molecular weight is 260 g/mol. The maximum Gasteiger partial charge on any atom is 0.123 e. The predicted molar refractivity (Wildman–Crippen MR) is 78.8 cm³/mol. The Morgan fingerprint density at radius 2 is 1.94 bits per heavy atom. The molecule has 2 nitrogen and oxygen atoms in total. The van der Waals surface area contributed by atoms with Gasteiger partial charge in [0.1, 0.15) is 5.01 Å². The van der Waals surface area contributed by atoms with E-state index in [0.29, 0.717) is 5.92 Å². The Labute approximate surface area is 113 Å². The van der Waals surface area contributed by atoms with E-state index in [4.69, 9.17) is 0 Å². The van der Waals surface area contributed by atoms with Crippen molar-refractivity contribution in [1.82, 2.24) is 10.3 Å². The number of thiazole rings is 1. The van der Waals surface area contributed by atoms with E-state index < -0.39 is 0 Å². The quantitative estimate of drug-likeness (QED) is 0.883. The highest BCUT2D eigenvalue weighted by Gasteiger charge is 2.04. The Morgan fingerprint density at radius 3 is 2.61 bits per heavy atom. The van der Waals surface area contributed by atoms with Gasteiger partial charge in [-0.2, -0.15) is 0 Å². The van der Waals surface area contributed by atoms with Crippen LogP contribution in [0.1, 0.15) is 24.3 Å². The van der Waals surface area contributed by atoms with Crippen molar-refractivity contribution in [3.63, 3.8) is 0 Å². The number of rotatable bonds is 5. The van der Waals surface area contributed by atoms with Crippen LogP contribution in [0.15, 0.2) is 30.5 Å². The van der Waals surface area contributed by atoms with Crippen molar-refractivity contribution in [2.24, 2.45) is 5.92 Å². The molecule has 2 rings (SSSR count). The largest absolute Gasteiger partial charge is 0.312 e. The van der Waals surface area contributed by atoms with E-state index in [1.807, 2.05) is 6.20 Å². The highest BCUT2D eigenvalue weighted by molar-refractivity contribution is 7.15. The third-order valence-electron chi connectivity index (χ3n) is 2.70. The smallest absolute Gasteiger partial charge is 0.123 e. The molecule has 0 aliphatic carbocycles. The second kappa shape index (κ2) is 6.12. The van der Waals surface area contributed by atoms with E-state index in [0.717, 1.165) is 18.1 Å². The highest BCUT2D eigenvalue weighted by atomic mass is 32.1. The molecule has 0 fully saturated rings. The third-order valence-corrected chi connectivity index (χ3v) is 3.75. The molecule has 0 saturated carbocycles. The van der Waals surface area contributed by atoms with Crippen LogP contribution in [0.4, 0.5) is 0 Å². The van der Waals surface area contributed by atoms with Crippen LogP contribution in [0.25, 0.3) is 10.6 Å². The molecule has 0 unspecified atom stereocenters. The first-order valence-electron chi connectivity index (χ1n) is 6.37. The normalized spacial score (nSPS) is 11.1. The summed E-state index contributed by atoms with van der Waals surface area (Å²) in [5, 5.41) is 4.55. The fourth-order valence-corrected chi connectivity index (χ4v) is 2.59. The molecule has 0 radical (unpaired) electrons. The molecule has 1 aromatic carbocycles. The number of aromatic nitrogens is 1. The second-order valence-electron chi connectivity index (χ2n) is 5.02. The number of hydrogen-bond donors (Lipinski definition) is 1. The van der Waals surface area contributed by atoms with Crippen molar-refractivity contribution in [3.05, 3.63) is 40.9 Å². The number of benzene rings is 1. The molecule has 1 aromatic heterocycles. The highest BCUT2D eigenvalue weighted by Crippen LogP contribution is 2.25. The molecule has 0 aliphatic heterocycles. The molecule has 0 bridgehead atoms. The Hall–Kier alpha value is -1.19. The molecule has 96 valence electrons. The summed E-state index contributed by atoms with van der Waals surface area (Å²) in [5.74, 6) is 0.689. The molecule has 0 atom stereocenters. The van der Waals surface area contributed by atoms with Crippen molar-refractivity contribution in [3.8, 4) is 10.6 Å². The zero-order valence-electron chi connectivity index (χ0n) is 11.2. The molecule has 1 heterocycles.